The molecule has 3 heterocycles. The van der Waals surface area contributed by atoms with E-state index in [0.29, 0.717) is 24.7 Å². The summed E-state index contributed by atoms with van der Waals surface area (Å²) < 4.78 is 10.8. The number of aromatic nitrogens is 3. The lowest BCUT2D eigenvalue weighted by Gasteiger charge is -2.28. The third-order valence-corrected chi connectivity index (χ3v) is 4.59. The van der Waals surface area contributed by atoms with Gasteiger partial charge in [0.05, 0.1) is 12.3 Å². The molecule has 148 valence electrons. The second-order valence-electron chi connectivity index (χ2n) is 6.30. The Morgan fingerprint density at radius 1 is 1.21 bits per heavy atom. The lowest BCUT2D eigenvalue weighted by Crippen LogP contribution is -2.38. The summed E-state index contributed by atoms with van der Waals surface area (Å²) in [6, 6.07) is 7.43. The third kappa shape index (κ3) is 5.04. The van der Waals surface area contributed by atoms with Gasteiger partial charge < -0.3 is 14.3 Å². The van der Waals surface area contributed by atoms with Crippen LogP contribution >= 0.6 is 0 Å². The van der Waals surface area contributed by atoms with Crippen molar-refractivity contribution >= 4 is 5.91 Å². The van der Waals surface area contributed by atoms with Crippen LogP contribution in [-0.2, 0) is 11.2 Å². The van der Waals surface area contributed by atoms with E-state index in [1.54, 1.807) is 18.7 Å². The summed E-state index contributed by atoms with van der Waals surface area (Å²) in [5.74, 6) is 1.72. The molecule has 0 aliphatic carbocycles. The van der Waals surface area contributed by atoms with Gasteiger partial charge in [-0.1, -0.05) is 19.0 Å². The van der Waals surface area contributed by atoms with Crippen LogP contribution in [0.25, 0.3) is 11.4 Å². The first kappa shape index (κ1) is 19.8. The van der Waals surface area contributed by atoms with Gasteiger partial charge in [-0.05, 0) is 37.4 Å². The zero-order valence-electron chi connectivity index (χ0n) is 16.2. The predicted molar refractivity (Wildman–Crippen MR) is 103 cm³/mol. The maximum absolute atomic E-state index is 12.3. The quantitative estimate of drug-likeness (QED) is 0.575. The summed E-state index contributed by atoms with van der Waals surface area (Å²) >= 11 is 0. The number of aryl methyl sites for hydroxylation is 1. The highest BCUT2D eigenvalue weighted by Gasteiger charge is 2.21. The molecule has 8 nitrogen and oxygen atoms in total. The van der Waals surface area contributed by atoms with E-state index in [1.807, 2.05) is 24.3 Å². The first-order valence-electron chi connectivity index (χ1n) is 9.48. The maximum atomic E-state index is 12.3. The molecule has 1 unspecified atom stereocenters. The van der Waals surface area contributed by atoms with E-state index in [9.17, 15) is 4.79 Å². The van der Waals surface area contributed by atoms with E-state index < -0.39 is 0 Å². The molecule has 0 saturated carbocycles. The Balaban J connectivity index is 1.52. The van der Waals surface area contributed by atoms with Gasteiger partial charge in [-0.25, -0.2) is 0 Å². The van der Waals surface area contributed by atoms with Crippen LogP contribution in [0.2, 0.25) is 0 Å². The van der Waals surface area contributed by atoms with Crippen molar-refractivity contribution in [3.05, 3.63) is 54.6 Å². The molecule has 3 aromatic rings. The molecule has 0 fully saturated rings. The number of amides is 1. The summed E-state index contributed by atoms with van der Waals surface area (Å²) in [6.45, 7) is 6.42. The number of rotatable bonds is 10. The SMILES string of the molecule is CCN(CC)C(CNC(=O)CCc1nc(-c2ccncc2)no1)c1ccco1. The Morgan fingerprint density at radius 2 is 2.00 bits per heavy atom. The van der Waals surface area contributed by atoms with Crippen molar-refractivity contribution in [2.24, 2.45) is 0 Å². The largest absolute Gasteiger partial charge is 0.468 e. The summed E-state index contributed by atoms with van der Waals surface area (Å²) in [5.41, 5.74) is 0.829. The number of pyridine rings is 1. The van der Waals surface area contributed by atoms with Gasteiger partial charge >= 0.3 is 0 Å². The van der Waals surface area contributed by atoms with Crippen LogP contribution in [-0.4, -0.2) is 45.6 Å². The second-order valence-corrected chi connectivity index (χ2v) is 6.30. The summed E-state index contributed by atoms with van der Waals surface area (Å²) in [5, 5.41) is 6.94. The normalized spacial score (nSPS) is 12.2. The van der Waals surface area contributed by atoms with Crippen LogP contribution in [0.4, 0.5) is 0 Å². The monoisotopic (exact) mass is 383 g/mol. The van der Waals surface area contributed by atoms with Crippen LogP contribution in [0, 0.1) is 0 Å². The number of furan rings is 1. The van der Waals surface area contributed by atoms with Crippen molar-refractivity contribution in [2.75, 3.05) is 19.6 Å². The van der Waals surface area contributed by atoms with Crippen LogP contribution in [0.3, 0.4) is 0 Å². The van der Waals surface area contributed by atoms with Crippen molar-refractivity contribution in [1.82, 2.24) is 25.3 Å². The minimum Gasteiger partial charge on any atom is -0.468 e. The molecular formula is C20H25N5O3. The fourth-order valence-corrected chi connectivity index (χ4v) is 3.05. The lowest BCUT2D eigenvalue weighted by atomic mass is 10.1. The molecule has 0 aromatic carbocycles. The van der Waals surface area contributed by atoms with Gasteiger partial charge in [0.15, 0.2) is 0 Å². The predicted octanol–water partition coefficient (Wildman–Crippen LogP) is 2.86. The van der Waals surface area contributed by atoms with E-state index >= 15 is 0 Å². The van der Waals surface area contributed by atoms with E-state index in [4.69, 9.17) is 8.94 Å². The standard InChI is InChI=1S/C20H25N5O3/c1-3-25(4-2)16(17-6-5-13-27-17)14-22-18(26)7-8-19-23-20(24-28-19)15-9-11-21-12-10-15/h5-6,9-13,16H,3-4,7-8,14H2,1-2H3,(H,22,26). The number of nitrogens with one attached hydrogen (secondary N) is 1. The molecule has 3 rings (SSSR count). The summed E-state index contributed by atoms with van der Waals surface area (Å²) in [4.78, 5) is 22.9. The number of carbonyl (C=O) groups excluding carboxylic acids is 1. The molecule has 0 radical (unpaired) electrons. The van der Waals surface area contributed by atoms with Crippen molar-refractivity contribution < 1.29 is 13.7 Å². The molecule has 1 N–H and O–H groups in total. The molecule has 0 saturated heterocycles. The second kappa shape index (κ2) is 9.80. The van der Waals surface area contributed by atoms with Crippen molar-refractivity contribution in [3.8, 4) is 11.4 Å². The smallest absolute Gasteiger partial charge is 0.227 e. The molecule has 1 amide bonds. The highest BCUT2D eigenvalue weighted by Crippen LogP contribution is 2.20. The van der Waals surface area contributed by atoms with Gasteiger partial charge in [0.1, 0.15) is 5.76 Å². The fraction of sp³-hybridized carbons (Fsp3) is 0.400. The average Bonchev–Trinajstić information content (AvgIpc) is 3.42. The fourth-order valence-electron chi connectivity index (χ4n) is 3.05. The van der Waals surface area contributed by atoms with E-state index in [2.05, 4.69) is 39.2 Å². The van der Waals surface area contributed by atoms with Gasteiger partial charge in [0, 0.05) is 37.3 Å². The van der Waals surface area contributed by atoms with Gasteiger partial charge in [-0.3, -0.25) is 14.7 Å². The number of nitrogens with zero attached hydrogens (tertiary/aromatic N) is 4. The first-order chi connectivity index (χ1) is 13.7. The number of hydrogen-bond acceptors (Lipinski definition) is 7. The molecule has 1 atom stereocenters. The average molecular weight is 383 g/mol. The Hall–Kier alpha value is -3.00. The Bertz CT molecular complexity index is 844. The van der Waals surface area contributed by atoms with Gasteiger partial charge in [0.25, 0.3) is 0 Å². The van der Waals surface area contributed by atoms with Gasteiger partial charge in [-0.2, -0.15) is 4.98 Å². The molecule has 3 aromatic heterocycles. The topological polar surface area (TPSA) is 97.3 Å². The lowest BCUT2D eigenvalue weighted by molar-refractivity contribution is -0.121. The van der Waals surface area contributed by atoms with Crippen LogP contribution in [0.5, 0.6) is 0 Å². The molecule has 0 aliphatic heterocycles. The third-order valence-electron chi connectivity index (χ3n) is 4.59. The van der Waals surface area contributed by atoms with Gasteiger partial charge in [-0.15, -0.1) is 0 Å². The van der Waals surface area contributed by atoms with Crippen LogP contribution in [0.15, 0.2) is 51.9 Å². The minimum atomic E-state index is -0.0626. The number of likely N-dealkylation sites (N-methyl/N-ethyl adjacent to an activating group) is 1. The molecule has 8 heteroatoms. The minimum absolute atomic E-state index is 0.00986. The molecular weight excluding hydrogens is 358 g/mol. The number of carbonyl (C=O) groups is 1. The van der Waals surface area contributed by atoms with E-state index in [0.717, 1.165) is 24.4 Å². The van der Waals surface area contributed by atoms with Crippen molar-refractivity contribution in [1.29, 1.82) is 0 Å². The highest BCUT2D eigenvalue weighted by atomic mass is 16.5. The Kier molecular flexibility index (Phi) is 6.91. The Morgan fingerprint density at radius 3 is 2.68 bits per heavy atom. The van der Waals surface area contributed by atoms with Gasteiger partial charge in [0.2, 0.25) is 17.6 Å². The summed E-state index contributed by atoms with van der Waals surface area (Å²) in [6.07, 6.45) is 5.67. The van der Waals surface area contributed by atoms with Crippen LogP contribution < -0.4 is 5.32 Å². The van der Waals surface area contributed by atoms with Crippen molar-refractivity contribution in [3.63, 3.8) is 0 Å². The molecule has 28 heavy (non-hydrogen) atoms. The zero-order chi connectivity index (χ0) is 19.8. The molecule has 0 aliphatic rings. The first-order valence-corrected chi connectivity index (χ1v) is 9.48. The zero-order valence-corrected chi connectivity index (χ0v) is 16.2. The molecule has 0 bridgehead atoms. The highest BCUT2D eigenvalue weighted by molar-refractivity contribution is 5.76. The van der Waals surface area contributed by atoms with Crippen molar-refractivity contribution in [2.45, 2.75) is 32.7 Å². The number of hydrogen-bond donors (Lipinski definition) is 1. The summed E-state index contributed by atoms with van der Waals surface area (Å²) in [7, 11) is 0. The molecule has 0 spiro atoms. The Labute approximate surface area is 164 Å². The van der Waals surface area contributed by atoms with Crippen LogP contribution in [0.1, 0.15) is 38.0 Å². The van der Waals surface area contributed by atoms with E-state index in [1.165, 1.54) is 0 Å². The van der Waals surface area contributed by atoms with E-state index in [-0.39, 0.29) is 18.4 Å². The maximum Gasteiger partial charge on any atom is 0.227 e.